The predicted molar refractivity (Wildman–Crippen MR) is 70.5 cm³/mol. The van der Waals surface area contributed by atoms with E-state index in [-0.39, 0.29) is 5.75 Å². The third kappa shape index (κ3) is 4.31. The second-order valence-electron chi connectivity index (χ2n) is 4.10. The van der Waals surface area contributed by atoms with Crippen LogP contribution in [0, 0.1) is 0 Å². The zero-order valence-electron chi connectivity index (χ0n) is 9.86. The van der Waals surface area contributed by atoms with Crippen LogP contribution < -0.4 is 0 Å². The lowest BCUT2D eigenvalue weighted by atomic mass is 10.4. The number of halogens is 1. The Bertz CT molecular complexity index is 295. The Kier molecular flexibility index (Phi) is 6.25. The lowest BCUT2D eigenvalue weighted by molar-refractivity contribution is 0.305. The van der Waals surface area contributed by atoms with E-state index in [2.05, 4.69) is 20.8 Å². The van der Waals surface area contributed by atoms with Gasteiger partial charge in [-0.05, 0) is 19.4 Å². The molecule has 0 aromatic heterocycles. The zero-order chi connectivity index (χ0) is 12.0. The molecule has 1 aliphatic heterocycles. The van der Waals surface area contributed by atoms with E-state index < -0.39 is 10.0 Å². The van der Waals surface area contributed by atoms with Gasteiger partial charge in [0.15, 0.2) is 0 Å². The third-order valence-electron chi connectivity index (χ3n) is 2.80. The van der Waals surface area contributed by atoms with Gasteiger partial charge < -0.3 is 4.90 Å². The van der Waals surface area contributed by atoms with Crippen LogP contribution in [0.4, 0.5) is 0 Å². The van der Waals surface area contributed by atoms with Gasteiger partial charge in [0.25, 0.3) is 0 Å². The quantitative estimate of drug-likeness (QED) is 0.715. The van der Waals surface area contributed by atoms with Gasteiger partial charge in [-0.2, -0.15) is 0 Å². The number of nitrogens with zero attached hydrogens (tertiary/aromatic N) is 2. The number of alkyl halides is 1. The molecule has 0 aromatic rings. The van der Waals surface area contributed by atoms with Crippen LogP contribution in [-0.2, 0) is 10.0 Å². The molecular weight excluding hydrogens is 292 g/mol. The fraction of sp³-hybridized carbons (Fsp3) is 1.00. The van der Waals surface area contributed by atoms with Gasteiger partial charge in [-0.25, -0.2) is 12.7 Å². The first-order valence-electron chi connectivity index (χ1n) is 5.86. The van der Waals surface area contributed by atoms with Crippen molar-refractivity contribution < 1.29 is 8.42 Å². The number of hydrogen-bond donors (Lipinski definition) is 0. The lowest BCUT2D eigenvalue weighted by Crippen LogP contribution is -2.36. The largest absolute Gasteiger partial charge is 0.301 e. The van der Waals surface area contributed by atoms with E-state index in [9.17, 15) is 8.42 Å². The van der Waals surface area contributed by atoms with Crippen LogP contribution in [0.25, 0.3) is 0 Å². The number of hydrogen-bond acceptors (Lipinski definition) is 3. The SMILES string of the molecule is CCCS(=O)(=O)N1CCCN(CCBr)CC1. The van der Waals surface area contributed by atoms with Crippen LogP contribution in [0.3, 0.4) is 0 Å². The summed E-state index contributed by atoms with van der Waals surface area (Å²) in [4.78, 5) is 2.32. The average Bonchev–Trinajstić information content (AvgIpc) is 2.44. The Balaban J connectivity index is 2.53. The van der Waals surface area contributed by atoms with Gasteiger partial charge in [-0.15, -0.1) is 0 Å². The van der Waals surface area contributed by atoms with E-state index in [1.54, 1.807) is 4.31 Å². The molecule has 1 saturated heterocycles. The summed E-state index contributed by atoms with van der Waals surface area (Å²) in [6.45, 7) is 6.10. The van der Waals surface area contributed by atoms with Gasteiger partial charge in [-0.3, -0.25) is 0 Å². The van der Waals surface area contributed by atoms with E-state index in [1.165, 1.54) is 0 Å². The maximum absolute atomic E-state index is 11.9. The summed E-state index contributed by atoms with van der Waals surface area (Å²) in [6, 6.07) is 0. The molecule has 0 saturated carbocycles. The summed E-state index contributed by atoms with van der Waals surface area (Å²) in [6.07, 6.45) is 1.64. The highest BCUT2D eigenvalue weighted by Gasteiger charge is 2.23. The molecule has 0 unspecified atom stereocenters. The van der Waals surface area contributed by atoms with Gasteiger partial charge >= 0.3 is 0 Å². The van der Waals surface area contributed by atoms with Crippen molar-refractivity contribution in [3.05, 3.63) is 0 Å². The minimum absolute atomic E-state index is 0.283. The van der Waals surface area contributed by atoms with Gasteiger partial charge in [0.1, 0.15) is 0 Å². The highest BCUT2D eigenvalue weighted by atomic mass is 79.9. The number of rotatable bonds is 5. The molecule has 1 aliphatic rings. The van der Waals surface area contributed by atoms with Gasteiger partial charge in [0.05, 0.1) is 5.75 Å². The summed E-state index contributed by atoms with van der Waals surface area (Å²) < 4.78 is 25.5. The molecule has 1 rings (SSSR count). The molecular formula is C10H21BrN2O2S. The van der Waals surface area contributed by atoms with Crippen LogP contribution in [0.2, 0.25) is 0 Å². The summed E-state index contributed by atoms with van der Waals surface area (Å²) >= 11 is 3.42. The van der Waals surface area contributed by atoms with Crippen LogP contribution in [0.15, 0.2) is 0 Å². The molecule has 0 radical (unpaired) electrons. The maximum Gasteiger partial charge on any atom is 0.214 e. The monoisotopic (exact) mass is 312 g/mol. The standard InChI is InChI=1S/C10H21BrN2O2S/c1-2-10-16(14,15)13-6-3-5-12(7-4-11)8-9-13/h2-10H2,1H3. The topological polar surface area (TPSA) is 40.6 Å². The Morgan fingerprint density at radius 3 is 2.56 bits per heavy atom. The Morgan fingerprint density at radius 2 is 1.94 bits per heavy atom. The van der Waals surface area contributed by atoms with Crippen LogP contribution in [0.1, 0.15) is 19.8 Å². The molecule has 0 aromatic carbocycles. The molecule has 4 nitrogen and oxygen atoms in total. The summed E-state index contributed by atoms with van der Waals surface area (Å²) in [5.41, 5.74) is 0. The van der Waals surface area contributed by atoms with E-state index in [0.29, 0.717) is 19.5 Å². The van der Waals surface area contributed by atoms with Crippen molar-refractivity contribution >= 4 is 26.0 Å². The molecule has 0 bridgehead atoms. The van der Waals surface area contributed by atoms with Crippen molar-refractivity contribution in [3.8, 4) is 0 Å². The second kappa shape index (κ2) is 6.93. The average molecular weight is 313 g/mol. The maximum atomic E-state index is 11.9. The van der Waals surface area contributed by atoms with Crippen LogP contribution in [-0.4, -0.2) is 61.4 Å². The Hall–Kier alpha value is 0.350. The van der Waals surface area contributed by atoms with Crippen molar-refractivity contribution in [1.82, 2.24) is 9.21 Å². The summed E-state index contributed by atoms with van der Waals surface area (Å²) in [5.74, 6) is 0.283. The molecule has 16 heavy (non-hydrogen) atoms. The number of sulfonamides is 1. The lowest BCUT2D eigenvalue weighted by Gasteiger charge is -2.20. The van der Waals surface area contributed by atoms with Crippen molar-refractivity contribution in [1.29, 1.82) is 0 Å². The molecule has 1 heterocycles. The molecule has 96 valence electrons. The van der Waals surface area contributed by atoms with Gasteiger partial charge in [-0.1, -0.05) is 22.9 Å². The molecule has 0 aliphatic carbocycles. The molecule has 0 N–H and O–H groups in total. The Morgan fingerprint density at radius 1 is 1.19 bits per heavy atom. The molecule has 1 fully saturated rings. The van der Waals surface area contributed by atoms with Gasteiger partial charge in [0, 0.05) is 31.5 Å². The first kappa shape index (κ1) is 14.4. The fourth-order valence-corrected chi connectivity index (χ4v) is 4.00. The smallest absolute Gasteiger partial charge is 0.214 e. The van der Waals surface area contributed by atoms with E-state index in [0.717, 1.165) is 31.4 Å². The van der Waals surface area contributed by atoms with Crippen LogP contribution >= 0.6 is 15.9 Å². The molecule has 6 heteroatoms. The fourth-order valence-electron chi connectivity index (χ4n) is 1.96. The minimum atomic E-state index is -3.00. The van der Waals surface area contributed by atoms with Crippen LogP contribution in [0.5, 0.6) is 0 Å². The first-order valence-corrected chi connectivity index (χ1v) is 8.59. The molecule has 0 amide bonds. The zero-order valence-corrected chi connectivity index (χ0v) is 12.3. The minimum Gasteiger partial charge on any atom is -0.301 e. The van der Waals surface area contributed by atoms with Crippen molar-refractivity contribution in [2.75, 3.05) is 43.8 Å². The van der Waals surface area contributed by atoms with E-state index in [4.69, 9.17) is 0 Å². The van der Waals surface area contributed by atoms with E-state index in [1.807, 2.05) is 6.92 Å². The molecule has 0 atom stereocenters. The van der Waals surface area contributed by atoms with Gasteiger partial charge in [0.2, 0.25) is 10.0 Å². The normalized spacial score (nSPS) is 20.9. The highest BCUT2D eigenvalue weighted by molar-refractivity contribution is 9.09. The van der Waals surface area contributed by atoms with E-state index >= 15 is 0 Å². The van der Waals surface area contributed by atoms with Crippen molar-refractivity contribution in [3.63, 3.8) is 0 Å². The Labute approximate surface area is 107 Å². The third-order valence-corrected chi connectivity index (χ3v) is 5.23. The highest BCUT2D eigenvalue weighted by Crippen LogP contribution is 2.09. The van der Waals surface area contributed by atoms with Crippen molar-refractivity contribution in [2.45, 2.75) is 19.8 Å². The summed E-state index contributed by atoms with van der Waals surface area (Å²) in [7, 11) is -3.00. The van der Waals surface area contributed by atoms with Crippen molar-refractivity contribution in [2.24, 2.45) is 0 Å². The second-order valence-corrected chi connectivity index (χ2v) is 6.98. The first-order chi connectivity index (χ1) is 7.60. The molecule has 0 spiro atoms. The predicted octanol–water partition coefficient (Wildman–Crippen LogP) is 1.13. The summed E-state index contributed by atoms with van der Waals surface area (Å²) in [5, 5.41) is 0.953.